The molecule has 1 aromatic carbocycles. The van der Waals surface area contributed by atoms with Gasteiger partial charge in [-0.15, -0.1) is 0 Å². The summed E-state index contributed by atoms with van der Waals surface area (Å²) in [5, 5.41) is 15.0. The van der Waals surface area contributed by atoms with Crippen molar-refractivity contribution in [1.29, 1.82) is 0 Å². The minimum atomic E-state index is -0.152. The third kappa shape index (κ3) is 5.76. The van der Waals surface area contributed by atoms with Gasteiger partial charge in [0.15, 0.2) is 0 Å². The van der Waals surface area contributed by atoms with Crippen molar-refractivity contribution in [3.8, 4) is 0 Å². The number of hydrogen-bond acceptors (Lipinski definition) is 2. The van der Waals surface area contributed by atoms with Gasteiger partial charge >= 0.3 is 6.03 Å². The number of nitrogens with one attached hydrogen (secondary N) is 2. The molecule has 0 aliphatic heterocycles. The van der Waals surface area contributed by atoms with Crippen molar-refractivity contribution < 1.29 is 9.90 Å². The Bertz CT molecular complexity index is 442. The van der Waals surface area contributed by atoms with E-state index in [4.69, 9.17) is 0 Å². The van der Waals surface area contributed by atoms with E-state index in [0.29, 0.717) is 13.1 Å². The third-order valence-electron chi connectivity index (χ3n) is 4.30. The van der Waals surface area contributed by atoms with Gasteiger partial charge in [0, 0.05) is 19.7 Å². The molecule has 4 heteroatoms. The first-order valence-corrected chi connectivity index (χ1v) is 7.73. The quantitative estimate of drug-likeness (QED) is 0.690. The molecule has 4 nitrogen and oxygen atoms in total. The molecule has 21 heavy (non-hydrogen) atoms. The van der Waals surface area contributed by atoms with Gasteiger partial charge in [0.2, 0.25) is 0 Å². The second-order valence-electron chi connectivity index (χ2n) is 5.71. The molecule has 1 aromatic rings. The standard InChI is InChI=1S/C17H28N2O2/c1-4-17(5-2,9-10-20)13-19-16(21)18-12-15-8-6-7-14(3)11-15/h6-8,11,20H,4-5,9-10,12-13H2,1-3H3,(H2,18,19,21). The van der Waals surface area contributed by atoms with Gasteiger partial charge in [-0.2, -0.15) is 0 Å². The lowest BCUT2D eigenvalue weighted by atomic mass is 9.79. The Labute approximate surface area is 128 Å². The van der Waals surface area contributed by atoms with Crippen LogP contribution >= 0.6 is 0 Å². The highest BCUT2D eigenvalue weighted by molar-refractivity contribution is 5.73. The second-order valence-corrected chi connectivity index (χ2v) is 5.71. The maximum Gasteiger partial charge on any atom is 0.315 e. The average molecular weight is 292 g/mol. The molecule has 0 bridgehead atoms. The summed E-state index contributed by atoms with van der Waals surface area (Å²) in [6.45, 7) is 7.53. The van der Waals surface area contributed by atoms with Crippen LogP contribution in [0.15, 0.2) is 24.3 Å². The summed E-state index contributed by atoms with van der Waals surface area (Å²) in [6.07, 6.45) is 2.61. The Morgan fingerprint density at radius 3 is 2.52 bits per heavy atom. The predicted octanol–water partition coefficient (Wildman–Crippen LogP) is 2.98. The molecule has 0 aliphatic carbocycles. The fraction of sp³-hybridized carbons (Fsp3) is 0.588. The summed E-state index contributed by atoms with van der Waals surface area (Å²) in [7, 11) is 0. The van der Waals surface area contributed by atoms with Gasteiger partial charge in [-0.05, 0) is 37.2 Å². The van der Waals surface area contributed by atoms with E-state index in [9.17, 15) is 9.90 Å². The molecule has 0 unspecified atom stereocenters. The molecule has 0 fully saturated rings. The van der Waals surface area contributed by atoms with Gasteiger partial charge in [0.05, 0.1) is 0 Å². The van der Waals surface area contributed by atoms with Crippen LogP contribution in [0.3, 0.4) is 0 Å². The molecule has 0 atom stereocenters. The molecule has 0 aliphatic rings. The smallest absolute Gasteiger partial charge is 0.315 e. The third-order valence-corrected chi connectivity index (χ3v) is 4.30. The van der Waals surface area contributed by atoms with E-state index in [1.807, 2.05) is 25.1 Å². The van der Waals surface area contributed by atoms with Gasteiger partial charge in [0.25, 0.3) is 0 Å². The SMILES string of the molecule is CCC(CC)(CCO)CNC(=O)NCc1cccc(C)c1. The first-order valence-electron chi connectivity index (χ1n) is 7.73. The largest absolute Gasteiger partial charge is 0.396 e. The van der Waals surface area contributed by atoms with Crippen molar-refractivity contribution in [2.75, 3.05) is 13.2 Å². The topological polar surface area (TPSA) is 61.4 Å². The Balaban J connectivity index is 2.43. The van der Waals surface area contributed by atoms with Crippen LogP contribution in [0.4, 0.5) is 4.79 Å². The summed E-state index contributed by atoms with van der Waals surface area (Å²) in [5.74, 6) is 0. The molecule has 1 rings (SSSR count). The van der Waals surface area contributed by atoms with Crippen molar-refractivity contribution in [3.05, 3.63) is 35.4 Å². The van der Waals surface area contributed by atoms with Crippen molar-refractivity contribution in [2.45, 2.75) is 46.6 Å². The Morgan fingerprint density at radius 2 is 1.95 bits per heavy atom. The number of amides is 2. The monoisotopic (exact) mass is 292 g/mol. The first kappa shape index (κ1) is 17.5. The molecule has 2 amide bonds. The Hall–Kier alpha value is -1.55. The molecule has 0 saturated heterocycles. The van der Waals surface area contributed by atoms with E-state index in [1.54, 1.807) is 0 Å². The summed E-state index contributed by atoms with van der Waals surface area (Å²) in [4.78, 5) is 11.9. The number of carbonyl (C=O) groups excluding carboxylic acids is 1. The minimum absolute atomic E-state index is 0.00454. The molecule has 0 saturated carbocycles. The summed E-state index contributed by atoms with van der Waals surface area (Å²) < 4.78 is 0. The lowest BCUT2D eigenvalue weighted by molar-refractivity contribution is 0.163. The van der Waals surface area contributed by atoms with E-state index in [2.05, 4.69) is 30.5 Å². The maximum absolute atomic E-state index is 11.9. The number of aliphatic hydroxyl groups is 1. The van der Waals surface area contributed by atoms with Crippen LogP contribution in [0.25, 0.3) is 0 Å². The van der Waals surface area contributed by atoms with E-state index < -0.39 is 0 Å². The average Bonchev–Trinajstić information content (AvgIpc) is 2.49. The summed E-state index contributed by atoms with van der Waals surface area (Å²) in [6, 6.07) is 7.94. The van der Waals surface area contributed by atoms with Gasteiger partial charge < -0.3 is 15.7 Å². The lowest BCUT2D eigenvalue weighted by Crippen LogP contribution is -2.42. The van der Waals surface area contributed by atoms with E-state index in [1.165, 1.54) is 5.56 Å². The Kier molecular flexibility index (Phi) is 7.23. The number of carbonyl (C=O) groups is 1. The minimum Gasteiger partial charge on any atom is -0.396 e. The van der Waals surface area contributed by atoms with Gasteiger partial charge in [-0.25, -0.2) is 4.79 Å². The van der Waals surface area contributed by atoms with Crippen LogP contribution in [0.5, 0.6) is 0 Å². The lowest BCUT2D eigenvalue weighted by Gasteiger charge is -2.31. The zero-order chi connectivity index (χ0) is 15.7. The van der Waals surface area contributed by atoms with Crippen LogP contribution in [-0.2, 0) is 6.54 Å². The van der Waals surface area contributed by atoms with Crippen LogP contribution in [0.2, 0.25) is 0 Å². The molecule has 118 valence electrons. The zero-order valence-electron chi connectivity index (χ0n) is 13.4. The normalized spacial score (nSPS) is 11.2. The first-order chi connectivity index (χ1) is 10.0. The van der Waals surface area contributed by atoms with Crippen LogP contribution < -0.4 is 10.6 Å². The predicted molar refractivity (Wildman–Crippen MR) is 86.1 cm³/mol. The molecule has 0 radical (unpaired) electrons. The van der Waals surface area contributed by atoms with E-state index in [-0.39, 0.29) is 18.1 Å². The van der Waals surface area contributed by atoms with Crippen LogP contribution in [-0.4, -0.2) is 24.3 Å². The highest BCUT2D eigenvalue weighted by atomic mass is 16.3. The number of aliphatic hydroxyl groups excluding tert-OH is 1. The van der Waals surface area contributed by atoms with Crippen molar-refractivity contribution in [2.24, 2.45) is 5.41 Å². The van der Waals surface area contributed by atoms with Gasteiger partial charge in [-0.1, -0.05) is 43.7 Å². The van der Waals surface area contributed by atoms with E-state index >= 15 is 0 Å². The number of hydrogen-bond donors (Lipinski definition) is 3. The molecular formula is C17H28N2O2. The van der Waals surface area contributed by atoms with Crippen molar-refractivity contribution >= 4 is 6.03 Å². The van der Waals surface area contributed by atoms with Gasteiger partial charge in [-0.3, -0.25) is 0 Å². The number of urea groups is 1. The maximum atomic E-state index is 11.9. The fourth-order valence-electron chi connectivity index (χ4n) is 2.51. The highest BCUT2D eigenvalue weighted by Gasteiger charge is 2.25. The molecule has 3 N–H and O–H groups in total. The molecule has 0 heterocycles. The van der Waals surface area contributed by atoms with Gasteiger partial charge in [0.1, 0.15) is 0 Å². The summed E-state index contributed by atoms with van der Waals surface area (Å²) in [5.41, 5.74) is 2.28. The molecule has 0 aromatic heterocycles. The van der Waals surface area contributed by atoms with E-state index in [0.717, 1.165) is 24.8 Å². The Morgan fingerprint density at radius 1 is 1.24 bits per heavy atom. The van der Waals surface area contributed by atoms with Crippen LogP contribution in [0.1, 0.15) is 44.2 Å². The molecule has 0 spiro atoms. The van der Waals surface area contributed by atoms with Crippen molar-refractivity contribution in [1.82, 2.24) is 10.6 Å². The second kappa shape index (κ2) is 8.67. The highest BCUT2D eigenvalue weighted by Crippen LogP contribution is 2.29. The van der Waals surface area contributed by atoms with Crippen molar-refractivity contribution in [3.63, 3.8) is 0 Å². The zero-order valence-corrected chi connectivity index (χ0v) is 13.4. The van der Waals surface area contributed by atoms with Crippen LogP contribution in [0, 0.1) is 12.3 Å². The number of aryl methyl sites for hydroxylation is 1. The summed E-state index contributed by atoms with van der Waals surface area (Å²) >= 11 is 0. The number of rotatable bonds is 8. The number of benzene rings is 1. The molecular weight excluding hydrogens is 264 g/mol. The fourth-order valence-corrected chi connectivity index (χ4v) is 2.51.